The predicted molar refractivity (Wildman–Crippen MR) is 69.1 cm³/mol. The van der Waals surface area contributed by atoms with Crippen LogP contribution in [0.3, 0.4) is 0 Å². The van der Waals surface area contributed by atoms with Crippen LogP contribution >= 0.6 is 0 Å². The Bertz CT molecular complexity index is 479. The van der Waals surface area contributed by atoms with E-state index < -0.39 is 17.9 Å². The first-order valence-corrected chi connectivity index (χ1v) is 5.97. The molecule has 1 aromatic carbocycles. The van der Waals surface area contributed by atoms with Crippen LogP contribution in [0.1, 0.15) is 18.9 Å². The number of rotatable bonds is 6. The van der Waals surface area contributed by atoms with Crippen molar-refractivity contribution in [2.75, 3.05) is 0 Å². The molecule has 2 N–H and O–H groups in total. The standard InChI is InChI=1S/C14H16N2O3/c1-10(7-8-15)13(14(18)19)16-12(17)9-11-5-3-2-4-6-11/h2-6,10,13H,7,9H2,1H3,(H,16,17)(H,18,19)/t10-,13-/m0/s1. The molecule has 0 aromatic heterocycles. The van der Waals surface area contributed by atoms with Gasteiger partial charge in [0, 0.05) is 12.3 Å². The molecule has 100 valence electrons. The van der Waals surface area contributed by atoms with E-state index in [1.165, 1.54) is 0 Å². The monoisotopic (exact) mass is 260 g/mol. The Morgan fingerprint density at radius 3 is 2.53 bits per heavy atom. The molecule has 0 bridgehead atoms. The molecule has 0 saturated heterocycles. The van der Waals surface area contributed by atoms with E-state index in [0.717, 1.165) is 5.56 Å². The van der Waals surface area contributed by atoms with Crippen molar-refractivity contribution in [1.29, 1.82) is 5.26 Å². The second-order valence-corrected chi connectivity index (χ2v) is 4.39. The van der Waals surface area contributed by atoms with Gasteiger partial charge in [-0.1, -0.05) is 37.3 Å². The number of carboxylic acid groups (broad SMARTS) is 1. The largest absolute Gasteiger partial charge is 0.480 e. The lowest BCUT2D eigenvalue weighted by Gasteiger charge is -2.19. The lowest BCUT2D eigenvalue weighted by molar-refractivity contribution is -0.143. The van der Waals surface area contributed by atoms with Gasteiger partial charge in [0.25, 0.3) is 0 Å². The van der Waals surface area contributed by atoms with E-state index in [2.05, 4.69) is 5.32 Å². The smallest absolute Gasteiger partial charge is 0.326 e. The zero-order chi connectivity index (χ0) is 14.3. The Kier molecular flexibility index (Phi) is 5.55. The molecule has 1 amide bonds. The minimum absolute atomic E-state index is 0.0859. The molecule has 1 rings (SSSR count). The SMILES string of the molecule is C[C@@H](CC#N)[C@H](NC(=O)Cc1ccccc1)C(=O)O. The number of hydrogen-bond donors (Lipinski definition) is 2. The van der Waals surface area contributed by atoms with Crippen LogP contribution in [0, 0.1) is 17.2 Å². The van der Waals surface area contributed by atoms with Crippen molar-refractivity contribution in [2.24, 2.45) is 5.92 Å². The normalized spacial score (nSPS) is 13.1. The van der Waals surface area contributed by atoms with Crippen LogP contribution in [0.15, 0.2) is 30.3 Å². The molecule has 19 heavy (non-hydrogen) atoms. The van der Waals surface area contributed by atoms with E-state index in [-0.39, 0.29) is 18.7 Å². The van der Waals surface area contributed by atoms with Crippen molar-refractivity contribution >= 4 is 11.9 Å². The lowest BCUT2D eigenvalue weighted by atomic mass is 9.98. The summed E-state index contributed by atoms with van der Waals surface area (Å²) in [5.74, 6) is -1.91. The molecule has 0 heterocycles. The highest BCUT2D eigenvalue weighted by atomic mass is 16.4. The number of aliphatic carboxylic acids is 1. The van der Waals surface area contributed by atoms with Gasteiger partial charge in [0.15, 0.2) is 0 Å². The van der Waals surface area contributed by atoms with Crippen molar-refractivity contribution in [3.8, 4) is 6.07 Å². The molecular weight excluding hydrogens is 244 g/mol. The number of carbonyl (C=O) groups is 2. The molecule has 0 saturated carbocycles. The summed E-state index contributed by atoms with van der Waals surface area (Å²) < 4.78 is 0. The fraction of sp³-hybridized carbons (Fsp3) is 0.357. The average Bonchev–Trinajstić information content (AvgIpc) is 2.37. The summed E-state index contributed by atoms with van der Waals surface area (Å²) in [6.45, 7) is 1.63. The maximum atomic E-state index is 11.8. The molecule has 0 aliphatic heterocycles. The summed E-state index contributed by atoms with van der Waals surface area (Å²) >= 11 is 0. The lowest BCUT2D eigenvalue weighted by Crippen LogP contribution is -2.45. The van der Waals surface area contributed by atoms with Crippen LogP contribution in [0.4, 0.5) is 0 Å². The van der Waals surface area contributed by atoms with Gasteiger partial charge in [-0.3, -0.25) is 4.79 Å². The highest BCUT2D eigenvalue weighted by Crippen LogP contribution is 2.08. The molecule has 5 nitrogen and oxygen atoms in total. The summed E-state index contributed by atoms with van der Waals surface area (Å²) in [4.78, 5) is 22.9. The Balaban J connectivity index is 2.62. The first-order valence-electron chi connectivity index (χ1n) is 5.97. The first kappa shape index (κ1) is 14.7. The third-order valence-electron chi connectivity index (χ3n) is 2.77. The molecular formula is C14H16N2O3. The highest BCUT2D eigenvalue weighted by Gasteiger charge is 2.26. The van der Waals surface area contributed by atoms with Crippen molar-refractivity contribution in [1.82, 2.24) is 5.32 Å². The van der Waals surface area contributed by atoms with Gasteiger partial charge in [0.1, 0.15) is 6.04 Å². The van der Waals surface area contributed by atoms with Crippen molar-refractivity contribution in [2.45, 2.75) is 25.8 Å². The molecule has 0 fully saturated rings. The maximum Gasteiger partial charge on any atom is 0.326 e. The number of nitrogens with one attached hydrogen (secondary N) is 1. The van der Waals surface area contributed by atoms with Crippen molar-refractivity contribution in [3.63, 3.8) is 0 Å². The number of amides is 1. The Morgan fingerprint density at radius 2 is 2.00 bits per heavy atom. The van der Waals surface area contributed by atoms with Gasteiger partial charge in [-0.05, 0) is 5.56 Å². The number of nitriles is 1. The number of hydrogen-bond acceptors (Lipinski definition) is 3. The van der Waals surface area contributed by atoms with E-state index in [1.807, 2.05) is 24.3 Å². The minimum atomic E-state index is -1.12. The molecule has 5 heteroatoms. The number of carboxylic acids is 1. The van der Waals surface area contributed by atoms with E-state index in [0.29, 0.717) is 0 Å². The van der Waals surface area contributed by atoms with Crippen LogP contribution in [0.5, 0.6) is 0 Å². The van der Waals surface area contributed by atoms with Gasteiger partial charge in [-0.25, -0.2) is 4.79 Å². The molecule has 0 radical (unpaired) electrons. The van der Waals surface area contributed by atoms with Gasteiger partial charge < -0.3 is 10.4 Å². The van der Waals surface area contributed by atoms with Crippen molar-refractivity contribution in [3.05, 3.63) is 35.9 Å². The summed E-state index contributed by atoms with van der Waals surface area (Å²) in [7, 11) is 0. The average molecular weight is 260 g/mol. The van der Waals surface area contributed by atoms with Crippen LogP contribution in [-0.4, -0.2) is 23.0 Å². The van der Waals surface area contributed by atoms with Gasteiger partial charge >= 0.3 is 5.97 Å². The van der Waals surface area contributed by atoms with E-state index in [1.54, 1.807) is 19.1 Å². The van der Waals surface area contributed by atoms with Gasteiger partial charge in [0.2, 0.25) is 5.91 Å². The third-order valence-corrected chi connectivity index (χ3v) is 2.77. The fourth-order valence-corrected chi connectivity index (χ4v) is 1.71. The van der Waals surface area contributed by atoms with Crippen LogP contribution < -0.4 is 5.32 Å². The highest BCUT2D eigenvalue weighted by molar-refractivity contribution is 5.85. The molecule has 0 aliphatic rings. The molecule has 1 aromatic rings. The Morgan fingerprint density at radius 1 is 1.37 bits per heavy atom. The summed E-state index contributed by atoms with van der Waals surface area (Å²) in [6, 6.07) is 9.95. The summed E-state index contributed by atoms with van der Waals surface area (Å²) in [5.41, 5.74) is 0.817. The number of benzene rings is 1. The third kappa shape index (κ3) is 4.80. The van der Waals surface area contributed by atoms with Crippen molar-refractivity contribution < 1.29 is 14.7 Å². The molecule has 0 unspecified atom stereocenters. The molecule has 0 aliphatic carbocycles. The van der Waals surface area contributed by atoms with Crippen LogP contribution in [0.25, 0.3) is 0 Å². The van der Waals surface area contributed by atoms with Gasteiger partial charge in [0.05, 0.1) is 12.5 Å². The van der Waals surface area contributed by atoms with Crippen LogP contribution in [0.2, 0.25) is 0 Å². The maximum absolute atomic E-state index is 11.8. The van der Waals surface area contributed by atoms with Gasteiger partial charge in [-0.15, -0.1) is 0 Å². The van der Waals surface area contributed by atoms with Gasteiger partial charge in [-0.2, -0.15) is 5.26 Å². The molecule has 0 spiro atoms. The van der Waals surface area contributed by atoms with Crippen LogP contribution in [-0.2, 0) is 16.0 Å². The Labute approximate surface area is 111 Å². The molecule has 2 atom stereocenters. The summed E-state index contributed by atoms with van der Waals surface area (Å²) in [6.07, 6.45) is 0.215. The van der Waals surface area contributed by atoms with E-state index in [9.17, 15) is 9.59 Å². The first-order chi connectivity index (χ1) is 9.04. The second-order valence-electron chi connectivity index (χ2n) is 4.39. The Hall–Kier alpha value is -2.35. The summed E-state index contributed by atoms with van der Waals surface area (Å²) in [5, 5.41) is 20.1. The quantitative estimate of drug-likeness (QED) is 0.807. The topological polar surface area (TPSA) is 90.2 Å². The predicted octanol–water partition coefficient (Wildman–Crippen LogP) is 1.35. The zero-order valence-corrected chi connectivity index (χ0v) is 10.7. The number of nitrogens with zero attached hydrogens (tertiary/aromatic N) is 1. The van der Waals surface area contributed by atoms with E-state index in [4.69, 9.17) is 10.4 Å². The van der Waals surface area contributed by atoms with E-state index >= 15 is 0 Å². The minimum Gasteiger partial charge on any atom is -0.480 e. The zero-order valence-electron chi connectivity index (χ0n) is 10.7. The number of carbonyl (C=O) groups excluding carboxylic acids is 1. The fourth-order valence-electron chi connectivity index (χ4n) is 1.71. The second kappa shape index (κ2) is 7.17.